The van der Waals surface area contributed by atoms with E-state index in [4.69, 9.17) is 9.68 Å². The lowest BCUT2D eigenvalue weighted by molar-refractivity contribution is -0.133. The van der Waals surface area contributed by atoms with Crippen molar-refractivity contribution in [3.63, 3.8) is 0 Å². The zero-order chi connectivity index (χ0) is 20.1. The summed E-state index contributed by atoms with van der Waals surface area (Å²) in [5, 5.41) is 8.87. The van der Waals surface area contributed by atoms with E-state index in [1.165, 1.54) is 12.5 Å². The van der Waals surface area contributed by atoms with Crippen molar-refractivity contribution in [3.05, 3.63) is 58.5 Å². The molecule has 0 unspecified atom stereocenters. The van der Waals surface area contributed by atoms with Crippen molar-refractivity contribution in [1.29, 1.82) is 5.26 Å². The molecule has 1 amide bonds. The lowest BCUT2D eigenvalue weighted by Gasteiger charge is -2.34. The second-order valence-corrected chi connectivity index (χ2v) is 7.20. The molecule has 0 saturated carbocycles. The first-order valence-electron chi connectivity index (χ1n) is 9.55. The number of rotatable bonds is 6. The number of nitrogens with zero attached hydrogens (tertiary/aromatic N) is 3. The Morgan fingerprint density at radius 1 is 1.14 bits per heavy atom. The smallest absolute Gasteiger partial charge is 0.223 e. The van der Waals surface area contributed by atoms with Crippen molar-refractivity contribution in [2.24, 2.45) is 0 Å². The van der Waals surface area contributed by atoms with Crippen LogP contribution in [0.25, 0.3) is 0 Å². The summed E-state index contributed by atoms with van der Waals surface area (Å²) in [5.41, 5.74) is 2.44. The summed E-state index contributed by atoms with van der Waals surface area (Å²) in [6, 6.07) is 11.5. The van der Waals surface area contributed by atoms with E-state index < -0.39 is 0 Å². The van der Waals surface area contributed by atoms with Crippen molar-refractivity contribution in [2.45, 2.75) is 33.2 Å². The molecule has 0 bridgehead atoms. The first-order valence-corrected chi connectivity index (χ1v) is 9.55. The number of carbonyl (C=O) groups is 2. The van der Waals surface area contributed by atoms with Crippen molar-refractivity contribution in [2.75, 3.05) is 26.2 Å². The number of furan rings is 1. The van der Waals surface area contributed by atoms with Crippen LogP contribution in [0.2, 0.25) is 0 Å². The maximum atomic E-state index is 12.5. The average molecular weight is 379 g/mol. The van der Waals surface area contributed by atoms with Gasteiger partial charge in [-0.15, -0.1) is 0 Å². The Kier molecular flexibility index (Phi) is 6.27. The Hall–Kier alpha value is -2.91. The maximum Gasteiger partial charge on any atom is 0.223 e. The fourth-order valence-electron chi connectivity index (χ4n) is 3.50. The Balaban J connectivity index is 1.45. The summed E-state index contributed by atoms with van der Waals surface area (Å²) < 4.78 is 5.59. The topological polar surface area (TPSA) is 77.5 Å². The maximum absolute atomic E-state index is 12.5. The number of ketones is 1. The predicted molar refractivity (Wildman–Crippen MR) is 105 cm³/mol. The molecule has 28 heavy (non-hydrogen) atoms. The molecule has 0 radical (unpaired) electrons. The highest BCUT2D eigenvalue weighted by atomic mass is 16.3. The largest absolute Gasteiger partial charge is 0.466 e. The molecule has 2 aromatic rings. The fourth-order valence-corrected chi connectivity index (χ4v) is 3.50. The molecule has 146 valence electrons. The van der Waals surface area contributed by atoms with Gasteiger partial charge in [0.1, 0.15) is 11.5 Å². The van der Waals surface area contributed by atoms with Crippen molar-refractivity contribution >= 4 is 11.7 Å². The Morgan fingerprint density at radius 2 is 1.82 bits per heavy atom. The van der Waals surface area contributed by atoms with Crippen LogP contribution in [0.5, 0.6) is 0 Å². The normalized spacial score (nSPS) is 14.7. The SMILES string of the molecule is CC(=O)c1cc(CCC(=O)N2CCN(Cc3ccc(C#N)cc3)CC2)oc1C. The summed E-state index contributed by atoms with van der Waals surface area (Å²) in [4.78, 5) is 28.2. The molecular weight excluding hydrogens is 354 g/mol. The van der Waals surface area contributed by atoms with E-state index in [1.807, 2.05) is 29.2 Å². The number of piperazine rings is 1. The zero-order valence-electron chi connectivity index (χ0n) is 16.4. The Morgan fingerprint density at radius 3 is 2.39 bits per heavy atom. The molecule has 0 spiro atoms. The summed E-state index contributed by atoms with van der Waals surface area (Å²) >= 11 is 0. The van der Waals surface area contributed by atoms with E-state index in [0.29, 0.717) is 48.6 Å². The highest BCUT2D eigenvalue weighted by molar-refractivity contribution is 5.95. The van der Waals surface area contributed by atoms with Gasteiger partial charge in [-0.3, -0.25) is 14.5 Å². The van der Waals surface area contributed by atoms with Crippen LogP contribution in [-0.2, 0) is 17.8 Å². The second-order valence-electron chi connectivity index (χ2n) is 7.20. The number of carbonyl (C=O) groups excluding carboxylic acids is 2. The minimum absolute atomic E-state index is 0.0165. The van der Waals surface area contributed by atoms with E-state index in [9.17, 15) is 9.59 Å². The minimum Gasteiger partial charge on any atom is -0.466 e. The van der Waals surface area contributed by atoms with Gasteiger partial charge in [0, 0.05) is 45.6 Å². The van der Waals surface area contributed by atoms with Gasteiger partial charge in [0.25, 0.3) is 0 Å². The van der Waals surface area contributed by atoms with Crippen LogP contribution >= 0.6 is 0 Å². The summed E-state index contributed by atoms with van der Waals surface area (Å²) in [5.74, 6) is 1.41. The van der Waals surface area contributed by atoms with Gasteiger partial charge in [0.15, 0.2) is 5.78 Å². The van der Waals surface area contributed by atoms with E-state index in [2.05, 4.69) is 11.0 Å². The van der Waals surface area contributed by atoms with Gasteiger partial charge in [-0.2, -0.15) is 5.26 Å². The number of nitriles is 1. The Bertz CT molecular complexity index is 885. The van der Waals surface area contributed by atoms with Crippen LogP contribution < -0.4 is 0 Å². The zero-order valence-corrected chi connectivity index (χ0v) is 16.4. The lowest BCUT2D eigenvalue weighted by atomic mass is 10.1. The summed E-state index contributed by atoms with van der Waals surface area (Å²) in [7, 11) is 0. The lowest BCUT2D eigenvalue weighted by Crippen LogP contribution is -2.48. The standard InChI is InChI=1S/C22H25N3O3/c1-16(26)21-13-20(28-17(21)2)7-8-22(27)25-11-9-24(10-12-25)15-19-5-3-18(14-23)4-6-19/h3-6,13H,7-12,15H2,1-2H3. The Labute approximate surface area is 165 Å². The molecule has 6 heteroatoms. The molecule has 6 nitrogen and oxygen atoms in total. The molecular formula is C22H25N3O3. The van der Waals surface area contributed by atoms with Gasteiger partial charge in [-0.1, -0.05) is 12.1 Å². The minimum atomic E-state index is -0.0165. The molecule has 1 saturated heterocycles. The van der Waals surface area contributed by atoms with Crippen LogP contribution in [0.4, 0.5) is 0 Å². The highest BCUT2D eigenvalue weighted by Crippen LogP contribution is 2.17. The average Bonchev–Trinajstić information content (AvgIpc) is 3.08. The number of amides is 1. The predicted octanol–water partition coefficient (Wildman–Crippen LogP) is 2.94. The van der Waals surface area contributed by atoms with Gasteiger partial charge in [0.05, 0.1) is 17.2 Å². The van der Waals surface area contributed by atoms with Crippen LogP contribution in [0.3, 0.4) is 0 Å². The van der Waals surface area contributed by atoms with Gasteiger partial charge >= 0.3 is 0 Å². The number of aryl methyl sites for hydroxylation is 2. The molecule has 1 aliphatic heterocycles. The molecule has 1 aromatic carbocycles. The van der Waals surface area contributed by atoms with Crippen molar-refractivity contribution < 1.29 is 14.0 Å². The monoisotopic (exact) mass is 379 g/mol. The molecule has 1 aromatic heterocycles. The van der Waals surface area contributed by atoms with E-state index >= 15 is 0 Å². The highest BCUT2D eigenvalue weighted by Gasteiger charge is 2.21. The van der Waals surface area contributed by atoms with Gasteiger partial charge < -0.3 is 9.32 Å². The number of Topliss-reactive ketones (excluding diaryl/α,β-unsaturated/α-hetero) is 1. The third kappa shape index (κ3) is 4.87. The molecule has 0 aliphatic carbocycles. The first kappa shape index (κ1) is 19.8. The van der Waals surface area contributed by atoms with Gasteiger partial charge in [0.2, 0.25) is 5.91 Å². The molecule has 2 heterocycles. The van der Waals surface area contributed by atoms with Crippen molar-refractivity contribution in [3.8, 4) is 6.07 Å². The van der Waals surface area contributed by atoms with E-state index in [0.717, 1.165) is 19.6 Å². The first-order chi connectivity index (χ1) is 13.5. The third-order valence-corrected chi connectivity index (χ3v) is 5.15. The van der Waals surface area contributed by atoms with E-state index in [1.54, 1.807) is 13.0 Å². The van der Waals surface area contributed by atoms with Gasteiger partial charge in [-0.25, -0.2) is 0 Å². The van der Waals surface area contributed by atoms with E-state index in [-0.39, 0.29) is 11.7 Å². The van der Waals surface area contributed by atoms with Crippen LogP contribution in [0.1, 0.15) is 46.3 Å². The second kappa shape index (κ2) is 8.85. The van der Waals surface area contributed by atoms with Crippen molar-refractivity contribution in [1.82, 2.24) is 9.80 Å². The quantitative estimate of drug-likeness (QED) is 0.721. The van der Waals surface area contributed by atoms with Crippen LogP contribution in [-0.4, -0.2) is 47.7 Å². The molecule has 1 fully saturated rings. The van der Waals surface area contributed by atoms with Crippen LogP contribution in [0.15, 0.2) is 34.7 Å². The number of benzene rings is 1. The molecule has 0 N–H and O–H groups in total. The van der Waals surface area contributed by atoms with Gasteiger partial charge in [-0.05, 0) is 37.6 Å². The van der Waals surface area contributed by atoms with Crippen LogP contribution in [0, 0.1) is 18.3 Å². The fraction of sp³-hybridized carbons (Fsp3) is 0.409. The summed E-state index contributed by atoms with van der Waals surface area (Å²) in [6.45, 7) is 7.21. The third-order valence-electron chi connectivity index (χ3n) is 5.15. The molecule has 1 aliphatic rings. The number of hydrogen-bond donors (Lipinski definition) is 0. The molecule has 0 atom stereocenters. The molecule has 3 rings (SSSR count). The number of hydrogen-bond acceptors (Lipinski definition) is 5. The summed E-state index contributed by atoms with van der Waals surface area (Å²) in [6.07, 6.45) is 0.901.